The van der Waals surface area contributed by atoms with Crippen molar-refractivity contribution >= 4 is 17.4 Å². The van der Waals surface area contributed by atoms with Crippen LogP contribution in [0.15, 0.2) is 36.7 Å². The zero-order chi connectivity index (χ0) is 16.8. The number of amides is 1. The first-order valence-electron chi connectivity index (χ1n) is 8.28. The highest BCUT2D eigenvalue weighted by Gasteiger charge is 2.15. The third-order valence-corrected chi connectivity index (χ3v) is 4.20. The Morgan fingerprint density at radius 3 is 2.58 bits per heavy atom. The van der Waals surface area contributed by atoms with Crippen LogP contribution in [0.5, 0.6) is 5.75 Å². The molecule has 6 heteroatoms. The van der Waals surface area contributed by atoms with E-state index in [9.17, 15) is 4.79 Å². The highest BCUT2D eigenvalue weighted by molar-refractivity contribution is 6.03. The number of benzene rings is 1. The Kier molecular flexibility index (Phi) is 5.25. The van der Waals surface area contributed by atoms with Gasteiger partial charge in [0.15, 0.2) is 0 Å². The van der Waals surface area contributed by atoms with Gasteiger partial charge in [-0.1, -0.05) is 19.3 Å². The minimum Gasteiger partial charge on any atom is -0.497 e. The second-order valence-corrected chi connectivity index (χ2v) is 5.95. The summed E-state index contributed by atoms with van der Waals surface area (Å²) in [6.07, 6.45) is 7.52. The number of carbonyl (C=O) groups excluding carboxylic acids is 1. The van der Waals surface area contributed by atoms with E-state index >= 15 is 0 Å². The van der Waals surface area contributed by atoms with Crippen LogP contribution < -0.4 is 15.4 Å². The molecule has 0 saturated heterocycles. The average molecular weight is 326 g/mol. The second-order valence-electron chi connectivity index (χ2n) is 5.95. The highest BCUT2D eigenvalue weighted by atomic mass is 16.5. The van der Waals surface area contributed by atoms with Crippen LogP contribution in [-0.2, 0) is 0 Å². The number of aromatic nitrogens is 2. The molecule has 3 rings (SSSR count). The zero-order valence-electron chi connectivity index (χ0n) is 13.8. The molecule has 1 amide bonds. The first-order chi connectivity index (χ1) is 11.7. The molecule has 6 nitrogen and oxygen atoms in total. The first kappa shape index (κ1) is 16.2. The molecule has 1 aliphatic carbocycles. The van der Waals surface area contributed by atoms with Crippen molar-refractivity contribution in [1.82, 2.24) is 9.97 Å². The van der Waals surface area contributed by atoms with Crippen LogP contribution in [-0.4, -0.2) is 29.0 Å². The largest absolute Gasteiger partial charge is 0.497 e. The Bertz CT molecular complexity index is 682. The smallest absolute Gasteiger partial charge is 0.274 e. The topological polar surface area (TPSA) is 76.1 Å². The van der Waals surface area contributed by atoms with Crippen LogP contribution in [0.2, 0.25) is 0 Å². The van der Waals surface area contributed by atoms with Crippen molar-refractivity contribution in [2.75, 3.05) is 17.7 Å². The van der Waals surface area contributed by atoms with Gasteiger partial charge in [-0.3, -0.25) is 4.79 Å². The lowest BCUT2D eigenvalue weighted by atomic mass is 9.95. The van der Waals surface area contributed by atoms with Crippen LogP contribution in [0, 0.1) is 0 Å². The number of hydrogen-bond acceptors (Lipinski definition) is 5. The number of methoxy groups -OCH3 is 1. The Hall–Kier alpha value is -2.63. The zero-order valence-corrected chi connectivity index (χ0v) is 13.8. The number of anilines is 2. The van der Waals surface area contributed by atoms with Gasteiger partial charge in [0.05, 0.1) is 7.11 Å². The average Bonchev–Trinajstić information content (AvgIpc) is 2.63. The Morgan fingerprint density at radius 2 is 1.88 bits per heavy atom. The van der Waals surface area contributed by atoms with Gasteiger partial charge in [-0.25, -0.2) is 9.97 Å². The van der Waals surface area contributed by atoms with Gasteiger partial charge in [-0.15, -0.1) is 0 Å². The van der Waals surface area contributed by atoms with E-state index in [2.05, 4.69) is 20.6 Å². The summed E-state index contributed by atoms with van der Waals surface area (Å²) in [4.78, 5) is 20.7. The molecule has 0 radical (unpaired) electrons. The van der Waals surface area contributed by atoms with Gasteiger partial charge in [-0.05, 0) is 37.1 Å². The van der Waals surface area contributed by atoms with Crippen molar-refractivity contribution in [3.63, 3.8) is 0 Å². The van der Waals surface area contributed by atoms with E-state index < -0.39 is 0 Å². The third-order valence-electron chi connectivity index (χ3n) is 4.20. The Balaban J connectivity index is 1.64. The lowest BCUT2D eigenvalue weighted by molar-refractivity contribution is 0.102. The normalized spacial score (nSPS) is 14.9. The van der Waals surface area contributed by atoms with E-state index in [4.69, 9.17) is 4.74 Å². The highest BCUT2D eigenvalue weighted by Crippen LogP contribution is 2.21. The summed E-state index contributed by atoms with van der Waals surface area (Å²) in [6, 6.07) is 9.31. The molecule has 2 N–H and O–H groups in total. The van der Waals surface area contributed by atoms with Gasteiger partial charge in [0.1, 0.15) is 23.6 Å². The summed E-state index contributed by atoms with van der Waals surface area (Å²) in [7, 11) is 1.61. The van der Waals surface area contributed by atoms with Crippen LogP contribution in [0.4, 0.5) is 11.5 Å². The molecule has 0 bridgehead atoms. The maximum Gasteiger partial charge on any atom is 0.274 e. The van der Waals surface area contributed by atoms with E-state index in [1.54, 1.807) is 37.4 Å². The fraction of sp³-hybridized carbons (Fsp3) is 0.389. The number of ether oxygens (including phenoxy) is 1. The number of hydrogen-bond donors (Lipinski definition) is 2. The van der Waals surface area contributed by atoms with Gasteiger partial charge >= 0.3 is 0 Å². The van der Waals surface area contributed by atoms with Gasteiger partial charge < -0.3 is 15.4 Å². The van der Waals surface area contributed by atoms with Crippen molar-refractivity contribution in [2.24, 2.45) is 0 Å². The summed E-state index contributed by atoms with van der Waals surface area (Å²) >= 11 is 0. The molecule has 2 aromatic rings. The molecule has 0 unspecified atom stereocenters. The molecule has 0 atom stereocenters. The van der Waals surface area contributed by atoms with E-state index in [0.717, 1.165) is 18.6 Å². The lowest BCUT2D eigenvalue weighted by Crippen LogP contribution is -2.23. The van der Waals surface area contributed by atoms with E-state index in [1.165, 1.54) is 25.6 Å². The maximum absolute atomic E-state index is 12.4. The molecule has 126 valence electrons. The summed E-state index contributed by atoms with van der Waals surface area (Å²) in [5, 5.41) is 6.24. The summed E-state index contributed by atoms with van der Waals surface area (Å²) in [5.74, 6) is 1.19. The molecule has 1 heterocycles. The standard InChI is InChI=1S/C18H22N4O2/c1-24-15-9-7-14(8-10-15)22-18(23)16-11-17(20-12-19-16)21-13-5-3-2-4-6-13/h7-13H,2-6H2,1H3,(H,22,23)(H,19,20,21). The van der Waals surface area contributed by atoms with Gasteiger partial charge in [-0.2, -0.15) is 0 Å². The monoisotopic (exact) mass is 326 g/mol. The van der Waals surface area contributed by atoms with Gasteiger partial charge in [0, 0.05) is 17.8 Å². The van der Waals surface area contributed by atoms with E-state index in [0.29, 0.717) is 23.2 Å². The number of nitrogens with zero attached hydrogens (tertiary/aromatic N) is 2. The molecule has 0 aliphatic heterocycles. The number of carbonyl (C=O) groups is 1. The molecular formula is C18H22N4O2. The fourth-order valence-corrected chi connectivity index (χ4v) is 2.89. The molecule has 1 aromatic carbocycles. The van der Waals surface area contributed by atoms with Crippen LogP contribution >= 0.6 is 0 Å². The Morgan fingerprint density at radius 1 is 1.12 bits per heavy atom. The quantitative estimate of drug-likeness (QED) is 0.879. The first-order valence-corrected chi connectivity index (χ1v) is 8.28. The van der Waals surface area contributed by atoms with Crippen molar-refractivity contribution < 1.29 is 9.53 Å². The molecule has 1 saturated carbocycles. The summed E-state index contributed by atoms with van der Waals surface area (Å²) < 4.78 is 5.11. The molecule has 1 fully saturated rings. The Labute approximate surface area is 141 Å². The van der Waals surface area contributed by atoms with Crippen LogP contribution in [0.3, 0.4) is 0 Å². The molecule has 24 heavy (non-hydrogen) atoms. The summed E-state index contributed by atoms with van der Waals surface area (Å²) in [6.45, 7) is 0. The number of rotatable bonds is 5. The lowest BCUT2D eigenvalue weighted by Gasteiger charge is -2.23. The van der Waals surface area contributed by atoms with Crippen LogP contribution in [0.25, 0.3) is 0 Å². The SMILES string of the molecule is COc1ccc(NC(=O)c2cc(NC3CCCCC3)ncn2)cc1. The molecule has 0 spiro atoms. The number of nitrogens with one attached hydrogen (secondary N) is 2. The van der Waals surface area contributed by atoms with E-state index in [-0.39, 0.29) is 5.91 Å². The third kappa shape index (κ3) is 4.22. The van der Waals surface area contributed by atoms with Gasteiger partial charge in [0.2, 0.25) is 0 Å². The van der Waals surface area contributed by atoms with Crippen molar-refractivity contribution in [2.45, 2.75) is 38.1 Å². The van der Waals surface area contributed by atoms with Crippen LogP contribution in [0.1, 0.15) is 42.6 Å². The summed E-state index contributed by atoms with van der Waals surface area (Å²) in [5.41, 5.74) is 1.04. The second kappa shape index (κ2) is 7.77. The van der Waals surface area contributed by atoms with E-state index in [1.807, 2.05) is 0 Å². The van der Waals surface area contributed by atoms with Crippen molar-refractivity contribution in [1.29, 1.82) is 0 Å². The van der Waals surface area contributed by atoms with Gasteiger partial charge in [0.25, 0.3) is 5.91 Å². The predicted octanol–water partition coefficient (Wildman–Crippen LogP) is 3.48. The van der Waals surface area contributed by atoms with Crippen molar-refractivity contribution in [3.8, 4) is 5.75 Å². The predicted molar refractivity (Wildman–Crippen MR) is 93.5 cm³/mol. The fourth-order valence-electron chi connectivity index (χ4n) is 2.89. The molecule has 1 aliphatic rings. The van der Waals surface area contributed by atoms with Crippen molar-refractivity contribution in [3.05, 3.63) is 42.4 Å². The maximum atomic E-state index is 12.4. The minimum atomic E-state index is -0.255. The minimum absolute atomic E-state index is 0.255. The molecule has 1 aromatic heterocycles. The molecular weight excluding hydrogens is 304 g/mol.